The lowest BCUT2D eigenvalue weighted by Crippen LogP contribution is -2.47. The van der Waals surface area contributed by atoms with Crippen molar-refractivity contribution < 1.29 is 23.8 Å². The molecule has 1 heterocycles. The van der Waals surface area contributed by atoms with Gasteiger partial charge in [-0.2, -0.15) is 0 Å². The van der Waals surface area contributed by atoms with E-state index in [1.165, 1.54) is 25.2 Å². The van der Waals surface area contributed by atoms with E-state index in [1.807, 2.05) is 6.07 Å². The van der Waals surface area contributed by atoms with E-state index >= 15 is 0 Å². The first-order valence-corrected chi connectivity index (χ1v) is 8.60. The predicted molar refractivity (Wildman–Crippen MR) is 102 cm³/mol. The first kappa shape index (κ1) is 18.8. The van der Waals surface area contributed by atoms with Gasteiger partial charge >= 0.3 is 0 Å². The zero-order valence-corrected chi connectivity index (χ0v) is 15.9. The maximum absolute atomic E-state index is 12.6. The Bertz CT molecular complexity index is 886. The summed E-state index contributed by atoms with van der Waals surface area (Å²) in [5.41, 5.74) is 0.936. The van der Waals surface area contributed by atoms with Crippen LogP contribution in [-0.2, 0) is 9.59 Å². The number of ether oxygens (including phenoxy) is 3. The van der Waals surface area contributed by atoms with Crippen LogP contribution in [0, 0.1) is 0 Å². The summed E-state index contributed by atoms with van der Waals surface area (Å²) in [6.07, 6.45) is -0.669. The standard InChI is InChI=1S/C19H19ClN2O5/c1-11-19(24)22(14-6-4-5-7-15(14)27-11)10-18(23)21-13-8-12(20)16(25-2)9-17(13)26-3/h4-9,11H,10H2,1-3H3,(H,21,23)/t11-/m0/s1. The quantitative estimate of drug-likeness (QED) is 0.848. The SMILES string of the molecule is COc1cc(OC)c(NC(=O)CN2C(=O)[C@H](C)Oc3ccccc32)cc1Cl. The van der Waals surface area contributed by atoms with Crippen LogP contribution in [0.4, 0.5) is 11.4 Å². The van der Waals surface area contributed by atoms with Crippen molar-refractivity contribution in [3.05, 3.63) is 41.4 Å². The average molecular weight is 391 g/mol. The van der Waals surface area contributed by atoms with Crippen molar-refractivity contribution in [3.8, 4) is 17.2 Å². The predicted octanol–water partition coefficient (Wildman–Crippen LogP) is 3.11. The zero-order chi connectivity index (χ0) is 19.6. The summed E-state index contributed by atoms with van der Waals surface area (Å²) < 4.78 is 16.0. The van der Waals surface area contributed by atoms with E-state index < -0.39 is 12.0 Å². The highest BCUT2D eigenvalue weighted by Gasteiger charge is 2.32. The summed E-state index contributed by atoms with van der Waals surface area (Å²) in [6, 6.07) is 10.2. The fourth-order valence-electron chi connectivity index (χ4n) is 2.81. The number of halogens is 1. The lowest BCUT2D eigenvalue weighted by atomic mass is 10.2. The molecule has 0 unspecified atom stereocenters. The van der Waals surface area contributed by atoms with E-state index in [1.54, 1.807) is 31.2 Å². The molecule has 0 aliphatic carbocycles. The van der Waals surface area contributed by atoms with Gasteiger partial charge in [-0.3, -0.25) is 14.5 Å². The second-order valence-corrected chi connectivity index (χ2v) is 6.29. The van der Waals surface area contributed by atoms with Crippen molar-refractivity contribution in [1.82, 2.24) is 0 Å². The van der Waals surface area contributed by atoms with Crippen molar-refractivity contribution in [2.75, 3.05) is 31.0 Å². The number of benzene rings is 2. The molecule has 8 heteroatoms. The molecule has 0 saturated carbocycles. The molecule has 1 atom stereocenters. The third-order valence-electron chi connectivity index (χ3n) is 4.12. The third-order valence-corrected chi connectivity index (χ3v) is 4.42. The first-order chi connectivity index (χ1) is 12.9. The van der Waals surface area contributed by atoms with Crippen LogP contribution < -0.4 is 24.4 Å². The molecule has 2 aromatic rings. The monoisotopic (exact) mass is 390 g/mol. The summed E-state index contributed by atoms with van der Waals surface area (Å²) in [4.78, 5) is 26.5. The fraction of sp³-hybridized carbons (Fsp3) is 0.263. The summed E-state index contributed by atoms with van der Waals surface area (Å²) in [6.45, 7) is 1.48. The Balaban J connectivity index is 1.82. The van der Waals surface area contributed by atoms with Crippen LogP contribution in [-0.4, -0.2) is 38.7 Å². The van der Waals surface area contributed by atoms with Crippen molar-refractivity contribution in [2.24, 2.45) is 0 Å². The number of nitrogens with one attached hydrogen (secondary N) is 1. The molecule has 7 nitrogen and oxygen atoms in total. The molecule has 2 amide bonds. The van der Waals surface area contributed by atoms with E-state index in [9.17, 15) is 9.59 Å². The third kappa shape index (κ3) is 3.78. The van der Waals surface area contributed by atoms with E-state index in [0.717, 1.165) is 0 Å². The Hall–Kier alpha value is -2.93. The molecule has 1 aliphatic rings. The van der Waals surface area contributed by atoms with Gasteiger partial charge in [-0.05, 0) is 25.1 Å². The molecule has 142 valence electrons. The number of nitrogens with zero attached hydrogens (tertiary/aromatic N) is 1. The van der Waals surface area contributed by atoms with Gasteiger partial charge in [-0.15, -0.1) is 0 Å². The summed E-state index contributed by atoms with van der Waals surface area (Å²) in [5, 5.41) is 3.06. The van der Waals surface area contributed by atoms with Gasteiger partial charge in [0.25, 0.3) is 5.91 Å². The van der Waals surface area contributed by atoms with Crippen molar-refractivity contribution in [1.29, 1.82) is 0 Å². The van der Waals surface area contributed by atoms with Gasteiger partial charge in [0.15, 0.2) is 6.10 Å². The van der Waals surface area contributed by atoms with Crippen molar-refractivity contribution >= 4 is 34.8 Å². The molecule has 0 bridgehead atoms. The molecule has 0 aromatic heterocycles. The number of fused-ring (bicyclic) bond motifs is 1. The van der Waals surface area contributed by atoms with Crippen LogP contribution in [0.2, 0.25) is 5.02 Å². The van der Waals surface area contributed by atoms with Gasteiger partial charge in [-0.1, -0.05) is 23.7 Å². The Morgan fingerprint density at radius 2 is 1.93 bits per heavy atom. The van der Waals surface area contributed by atoms with Gasteiger partial charge in [0.2, 0.25) is 5.91 Å². The van der Waals surface area contributed by atoms with Crippen LogP contribution in [0.1, 0.15) is 6.92 Å². The van der Waals surface area contributed by atoms with Crippen molar-refractivity contribution in [3.63, 3.8) is 0 Å². The minimum atomic E-state index is -0.669. The Morgan fingerprint density at radius 3 is 2.63 bits per heavy atom. The number of hydrogen-bond donors (Lipinski definition) is 1. The second kappa shape index (κ2) is 7.75. The summed E-state index contributed by atoms with van der Waals surface area (Å²) >= 11 is 6.13. The summed E-state index contributed by atoms with van der Waals surface area (Å²) in [5.74, 6) is 0.696. The molecule has 3 rings (SSSR count). The number of anilines is 2. The molecule has 1 N–H and O–H groups in total. The highest BCUT2D eigenvalue weighted by molar-refractivity contribution is 6.32. The number of methoxy groups -OCH3 is 2. The number of carbonyl (C=O) groups excluding carboxylic acids is 2. The van der Waals surface area contributed by atoms with E-state index in [4.69, 9.17) is 25.8 Å². The normalized spacial score (nSPS) is 15.6. The number of hydrogen-bond acceptors (Lipinski definition) is 5. The van der Waals surface area contributed by atoms with Gasteiger partial charge in [0.05, 0.1) is 30.6 Å². The molecule has 2 aromatic carbocycles. The number of rotatable bonds is 5. The molecular weight excluding hydrogens is 372 g/mol. The maximum Gasteiger partial charge on any atom is 0.268 e. The second-order valence-electron chi connectivity index (χ2n) is 5.89. The Kier molecular flexibility index (Phi) is 5.41. The van der Waals surface area contributed by atoms with Crippen LogP contribution in [0.5, 0.6) is 17.2 Å². The molecule has 0 radical (unpaired) electrons. The van der Waals surface area contributed by atoms with Gasteiger partial charge in [-0.25, -0.2) is 0 Å². The van der Waals surface area contributed by atoms with Gasteiger partial charge in [0.1, 0.15) is 23.8 Å². The van der Waals surface area contributed by atoms with Crippen LogP contribution in [0.25, 0.3) is 0 Å². The zero-order valence-electron chi connectivity index (χ0n) is 15.1. The molecule has 0 saturated heterocycles. The highest BCUT2D eigenvalue weighted by atomic mass is 35.5. The van der Waals surface area contributed by atoms with E-state index in [0.29, 0.717) is 33.6 Å². The van der Waals surface area contributed by atoms with Crippen LogP contribution in [0.3, 0.4) is 0 Å². The minimum absolute atomic E-state index is 0.170. The average Bonchev–Trinajstić information content (AvgIpc) is 2.65. The Labute approximate surface area is 161 Å². The largest absolute Gasteiger partial charge is 0.495 e. The lowest BCUT2D eigenvalue weighted by molar-refractivity contribution is -0.127. The van der Waals surface area contributed by atoms with Gasteiger partial charge in [0, 0.05) is 6.07 Å². The highest BCUT2D eigenvalue weighted by Crippen LogP contribution is 2.36. The molecular formula is C19H19ClN2O5. The summed E-state index contributed by atoms with van der Waals surface area (Å²) in [7, 11) is 2.96. The van der Waals surface area contributed by atoms with Crippen LogP contribution in [0.15, 0.2) is 36.4 Å². The first-order valence-electron chi connectivity index (χ1n) is 8.23. The number of carbonyl (C=O) groups is 2. The fourth-order valence-corrected chi connectivity index (χ4v) is 3.05. The van der Waals surface area contributed by atoms with E-state index in [2.05, 4.69) is 5.32 Å². The Morgan fingerprint density at radius 1 is 1.22 bits per heavy atom. The molecule has 0 fully saturated rings. The molecule has 1 aliphatic heterocycles. The van der Waals surface area contributed by atoms with Crippen molar-refractivity contribution in [2.45, 2.75) is 13.0 Å². The molecule has 0 spiro atoms. The lowest BCUT2D eigenvalue weighted by Gasteiger charge is -2.32. The van der Waals surface area contributed by atoms with E-state index in [-0.39, 0.29) is 12.5 Å². The van der Waals surface area contributed by atoms with Gasteiger partial charge < -0.3 is 19.5 Å². The van der Waals surface area contributed by atoms with Crippen LogP contribution >= 0.6 is 11.6 Å². The minimum Gasteiger partial charge on any atom is -0.495 e. The maximum atomic E-state index is 12.6. The number of para-hydroxylation sites is 2. The molecule has 27 heavy (non-hydrogen) atoms. The number of amides is 2. The topological polar surface area (TPSA) is 77.1 Å². The smallest absolute Gasteiger partial charge is 0.268 e.